The van der Waals surface area contributed by atoms with Crippen molar-refractivity contribution in [3.05, 3.63) is 84.9 Å². The standard InChI is InChI=1S/C24H20N2S3/c1-25(2)23(27)29-24(28)26(21-15-7-11-17-9-3-5-13-19(17)21)22-16-8-12-18-10-4-6-14-20(18)22/h3-16H,1-2H3. The molecule has 144 valence electrons. The maximum Gasteiger partial charge on any atom is 0.152 e. The number of hydrogen-bond acceptors (Lipinski definition) is 3. The summed E-state index contributed by atoms with van der Waals surface area (Å²) in [5.41, 5.74) is 2.11. The minimum Gasteiger partial charge on any atom is -0.363 e. The zero-order valence-electron chi connectivity index (χ0n) is 16.2. The van der Waals surface area contributed by atoms with Gasteiger partial charge in [-0.05, 0) is 34.7 Å². The number of benzene rings is 4. The van der Waals surface area contributed by atoms with Crippen molar-refractivity contribution in [3.8, 4) is 0 Å². The summed E-state index contributed by atoms with van der Waals surface area (Å²) >= 11 is 12.9. The van der Waals surface area contributed by atoms with Crippen molar-refractivity contribution in [1.29, 1.82) is 0 Å². The second-order valence-electron chi connectivity index (χ2n) is 6.86. The fourth-order valence-corrected chi connectivity index (χ4v) is 4.79. The highest BCUT2D eigenvalue weighted by Crippen LogP contribution is 2.38. The average Bonchev–Trinajstić information content (AvgIpc) is 2.74. The van der Waals surface area contributed by atoms with Crippen molar-refractivity contribution in [2.45, 2.75) is 0 Å². The molecule has 0 radical (unpaired) electrons. The third-order valence-electron chi connectivity index (χ3n) is 4.74. The fraction of sp³-hybridized carbons (Fsp3) is 0.0833. The van der Waals surface area contributed by atoms with Crippen LogP contribution in [0.5, 0.6) is 0 Å². The molecular weight excluding hydrogens is 412 g/mol. The van der Waals surface area contributed by atoms with Crippen LogP contribution >= 0.6 is 36.2 Å². The molecule has 0 atom stereocenters. The number of thiocarbonyl (C=S) groups is 2. The molecule has 4 aromatic carbocycles. The molecule has 0 heterocycles. The highest BCUT2D eigenvalue weighted by Gasteiger charge is 2.21. The van der Waals surface area contributed by atoms with Gasteiger partial charge in [0.05, 0.1) is 11.4 Å². The average molecular weight is 433 g/mol. The number of anilines is 2. The lowest BCUT2D eigenvalue weighted by atomic mass is 10.1. The van der Waals surface area contributed by atoms with Gasteiger partial charge in [-0.15, -0.1) is 0 Å². The molecule has 4 rings (SSSR count). The molecule has 0 aliphatic heterocycles. The van der Waals surface area contributed by atoms with E-state index < -0.39 is 0 Å². The van der Waals surface area contributed by atoms with Crippen LogP contribution in [0.3, 0.4) is 0 Å². The van der Waals surface area contributed by atoms with Crippen LogP contribution in [0.25, 0.3) is 21.5 Å². The fourth-order valence-electron chi connectivity index (χ4n) is 3.34. The lowest BCUT2D eigenvalue weighted by molar-refractivity contribution is 0.648. The van der Waals surface area contributed by atoms with Gasteiger partial charge in [0.15, 0.2) is 4.32 Å². The quantitative estimate of drug-likeness (QED) is 0.314. The second kappa shape index (κ2) is 8.49. The summed E-state index contributed by atoms with van der Waals surface area (Å²) < 4.78 is 1.44. The lowest BCUT2D eigenvalue weighted by Crippen LogP contribution is -2.26. The van der Waals surface area contributed by atoms with Crippen LogP contribution in [0.2, 0.25) is 0 Å². The summed E-state index contributed by atoms with van der Waals surface area (Å²) in [7, 11) is 3.89. The van der Waals surface area contributed by atoms with Gasteiger partial charge in [-0.2, -0.15) is 0 Å². The SMILES string of the molecule is CN(C)C(=S)SC(=S)N(c1cccc2ccccc12)c1cccc2ccccc12. The smallest absolute Gasteiger partial charge is 0.152 e. The molecule has 0 aliphatic carbocycles. The molecule has 0 aromatic heterocycles. The van der Waals surface area contributed by atoms with Crippen LogP contribution < -0.4 is 4.90 Å². The van der Waals surface area contributed by atoms with E-state index in [-0.39, 0.29) is 0 Å². The number of thioether (sulfide) groups is 1. The van der Waals surface area contributed by atoms with Crippen molar-refractivity contribution in [2.24, 2.45) is 0 Å². The maximum absolute atomic E-state index is 5.94. The lowest BCUT2D eigenvalue weighted by Gasteiger charge is -2.28. The van der Waals surface area contributed by atoms with Crippen molar-refractivity contribution in [3.63, 3.8) is 0 Å². The summed E-state index contributed by atoms with van der Waals surface area (Å²) in [6, 6.07) is 29.4. The van der Waals surface area contributed by atoms with Crippen molar-refractivity contribution in [2.75, 3.05) is 19.0 Å². The van der Waals surface area contributed by atoms with Gasteiger partial charge >= 0.3 is 0 Å². The summed E-state index contributed by atoms with van der Waals surface area (Å²) in [5, 5.41) is 4.67. The van der Waals surface area contributed by atoms with Crippen LogP contribution in [0.1, 0.15) is 0 Å². The van der Waals surface area contributed by atoms with E-state index in [1.807, 2.05) is 19.0 Å². The molecule has 2 nitrogen and oxygen atoms in total. The molecule has 0 bridgehead atoms. The summed E-state index contributed by atoms with van der Waals surface area (Å²) in [6.45, 7) is 0. The Bertz CT molecular complexity index is 1130. The molecular formula is C24H20N2S3. The van der Waals surface area contributed by atoms with E-state index in [9.17, 15) is 0 Å². The maximum atomic E-state index is 5.94. The Morgan fingerprint density at radius 3 is 1.55 bits per heavy atom. The Hall–Kier alpha value is -2.47. The van der Waals surface area contributed by atoms with Gasteiger partial charge in [0.1, 0.15) is 4.32 Å². The number of nitrogens with zero attached hydrogens (tertiary/aromatic N) is 2. The van der Waals surface area contributed by atoms with Crippen LogP contribution in [0.15, 0.2) is 84.9 Å². The molecule has 0 unspecified atom stereocenters. The molecule has 0 spiro atoms. The number of fused-ring (bicyclic) bond motifs is 2. The van der Waals surface area contributed by atoms with Crippen molar-refractivity contribution < 1.29 is 0 Å². The number of rotatable bonds is 2. The van der Waals surface area contributed by atoms with Crippen molar-refractivity contribution in [1.82, 2.24) is 4.90 Å². The Balaban J connectivity index is 1.94. The van der Waals surface area contributed by atoms with Gasteiger partial charge < -0.3 is 4.90 Å². The topological polar surface area (TPSA) is 6.48 Å². The minimum atomic E-state index is 0.705. The van der Waals surface area contributed by atoms with E-state index in [1.165, 1.54) is 22.5 Å². The normalized spacial score (nSPS) is 10.8. The Morgan fingerprint density at radius 1 is 0.621 bits per heavy atom. The van der Waals surface area contributed by atoms with E-state index in [4.69, 9.17) is 24.4 Å². The van der Waals surface area contributed by atoms with Gasteiger partial charge in [-0.1, -0.05) is 97.2 Å². The van der Waals surface area contributed by atoms with E-state index in [2.05, 4.69) is 89.8 Å². The highest BCUT2D eigenvalue weighted by molar-refractivity contribution is 8.38. The Labute approximate surface area is 186 Å². The van der Waals surface area contributed by atoms with Gasteiger partial charge in [0.2, 0.25) is 0 Å². The molecule has 0 fully saturated rings. The zero-order chi connectivity index (χ0) is 20.4. The van der Waals surface area contributed by atoms with Gasteiger partial charge in [-0.25, -0.2) is 0 Å². The second-order valence-corrected chi connectivity index (χ2v) is 9.13. The first-order valence-corrected chi connectivity index (χ1v) is 10.9. The third-order valence-corrected chi connectivity index (χ3v) is 6.68. The van der Waals surface area contributed by atoms with E-state index in [0.29, 0.717) is 4.32 Å². The summed E-state index contributed by atoms with van der Waals surface area (Å²) in [5.74, 6) is 0. The molecule has 0 saturated carbocycles. The van der Waals surface area contributed by atoms with Gasteiger partial charge in [0.25, 0.3) is 0 Å². The summed E-state index contributed by atoms with van der Waals surface area (Å²) in [6.07, 6.45) is 0. The van der Waals surface area contributed by atoms with E-state index in [0.717, 1.165) is 26.5 Å². The first kappa shape index (κ1) is 19.8. The van der Waals surface area contributed by atoms with E-state index in [1.54, 1.807) is 0 Å². The monoisotopic (exact) mass is 432 g/mol. The first-order valence-electron chi connectivity index (χ1n) is 9.25. The predicted octanol–water partition coefficient (Wildman–Crippen LogP) is 7.00. The minimum absolute atomic E-state index is 0.705. The zero-order valence-corrected chi connectivity index (χ0v) is 18.7. The predicted molar refractivity (Wildman–Crippen MR) is 137 cm³/mol. The van der Waals surface area contributed by atoms with Crippen LogP contribution in [-0.2, 0) is 0 Å². The Morgan fingerprint density at radius 2 is 1.07 bits per heavy atom. The molecule has 0 aliphatic rings. The largest absolute Gasteiger partial charge is 0.363 e. The van der Waals surface area contributed by atoms with Crippen molar-refractivity contribution >= 4 is 77.8 Å². The number of hydrogen-bond donors (Lipinski definition) is 0. The van der Waals surface area contributed by atoms with Crippen LogP contribution in [-0.4, -0.2) is 27.6 Å². The van der Waals surface area contributed by atoms with Crippen LogP contribution in [0, 0.1) is 0 Å². The molecule has 0 amide bonds. The molecule has 5 heteroatoms. The van der Waals surface area contributed by atoms with Crippen LogP contribution in [0.4, 0.5) is 11.4 Å². The molecule has 0 N–H and O–H groups in total. The molecule has 0 saturated heterocycles. The highest BCUT2D eigenvalue weighted by atomic mass is 32.2. The molecule has 4 aromatic rings. The Kier molecular flexibility index (Phi) is 5.81. The third kappa shape index (κ3) is 3.99. The van der Waals surface area contributed by atoms with Gasteiger partial charge in [0, 0.05) is 24.9 Å². The first-order chi connectivity index (χ1) is 14.1. The van der Waals surface area contributed by atoms with E-state index >= 15 is 0 Å². The summed E-state index contributed by atoms with van der Waals surface area (Å²) in [4.78, 5) is 4.07. The van der Waals surface area contributed by atoms with Gasteiger partial charge in [-0.3, -0.25) is 4.90 Å². The molecule has 29 heavy (non-hydrogen) atoms.